The molecule has 1 amide bonds. The number of aliphatic hydroxyl groups is 2. The van der Waals surface area contributed by atoms with Crippen molar-refractivity contribution in [2.24, 2.45) is 0 Å². The van der Waals surface area contributed by atoms with Crippen molar-refractivity contribution in [2.45, 2.75) is 187 Å². The molecule has 0 radical (unpaired) electrons. The van der Waals surface area contributed by atoms with Crippen molar-refractivity contribution in [3.05, 3.63) is 109 Å². The third kappa shape index (κ3) is 37.4. The molecule has 3 N–H and O–H groups in total. The number of esters is 1. The van der Waals surface area contributed by atoms with Crippen LogP contribution in [0, 0.1) is 0 Å². The molecule has 0 aliphatic carbocycles. The van der Waals surface area contributed by atoms with Gasteiger partial charge in [0.05, 0.1) is 25.2 Å². The lowest BCUT2D eigenvalue weighted by Gasteiger charge is -2.24. The van der Waals surface area contributed by atoms with Crippen LogP contribution in [0.15, 0.2) is 109 Å². The van der Waals surface area contributed by atoms with Crippen molar-refractivity contribution in [3.63, 3.8) is 0 Å². The summed E-state index contributed by atoms with van der Waals surface area (Å²) < 4.78 is 5.81. The van der Waals surface area contributed by atoms with E-state index in [0.29, 0.717) is 19.3 Å². The van der Waals surface area contributed by atoms with E-state index in [1.807, 2.05) is 48.6 Å². The van der Waals surface area contributed by atoms with Gasteiger partial charge in [0.1, 0.15) is 6.10 Å². The molecular formula is C50H81NO5. The Morgan fingerprint density at radius 3 is 1.64 bits per heavy atom. The Labute approximate surface area is 343 Å². The molecule has 0 aromatic rings. The predicted molar refractivity (Wildman–Crippen MR) is 240 cm³/mol. The molecule has 3 atom stereocenters. The van der Waals surface area contributed by atoms with E-state index < -0.39 is 18.2 Å². The third-order valence-corrected chi connectivity index (χ3v) is 9.19. The first-order chi connectivity index (χ1) is 27.5. The molecule has 316 valence electrons. The van der Waals surface area contributed by atoms with Crippen molar-refractivity contribution in [2.75, 3.05) is 6.61 Å². The topological polar surface area (TPSA) is 95.9 Å². The number of hydrogen-bond donors (Lipinski definition) is 3. The first kappa shape index (κ1) is 52.5. The second kappa shape index (κ2) is 42.7. The van der Waals surface area contributed by atoms with E-state index in [-0.39, 0.29) is 24.9 Å². The summed E-state index contributed by atoms with van der Waals surface area (Å²) in [6.45, 7) is 6.13. The molecule has 0 spiro atoms. The van der Waals surface area contributed by atoms with Gasteiger partial charge in [-0.25, -0.2) is 0 Å². The Kier molecular flexibility index (Phi) is 40.0. The largest absolute Gasteiger partial charge is 0.461 e. The second-order valence-electron chi connectivity index (χ2n) is 14.4. The molecule has 0 bridgehead atoms. The van der Waals surface area contributed by atoms with Gasteiger partial charge in [0.15, 0.2) is 0 Å². The Balaban J connectivity index is 4.88. The van der Waals surface area contributed by atoms with Gasteiger partial charge in [-0.2, -0.15) is 0 Å². The average molecular weight is 776 g/mol. The molecule has 0 aliphatic heterocycles. The minimum Gasteiger partial charge on any atom is -0.461 e. The summed E-state index contributed by atoms with van der Waals surface area (Å²) in [5.41, 5.74) is 0. The SMILES string of the molecule is CC/C=C\C/C=C\C/C=C\C/C=C\C/C=C\CC(CC(=O)NC(CO)C(O)CCCCCCCCCCC)OC(=O)CCCCC\C=C/C=C\C=C\C=C\CC. The lowest BCUT2D eigenvalue weighted by atomic mass is 10.0. The number of rotatable bonds is 37. The standard InChI is InChI=1S/C50H81NO5/c1-4-7-10-13-16-19-21-23-24-26-27-30-32-35-38-41-46(56-50(55)43-40-37-34-31-28-25-22-20-17-14-11-8-5-2)44-49(54)51-47(45-52)48(53)42-39-36-33-29-18-15-12-9-6-3/h7-8,10-11,14,16-17,19-20,22-25,27-28,30,35,38,46-48,52-53H,4-6,9,12-13,15,18,21,26,29,31-34,36-37,39-45H2,1-3H3,(H,51,54)/b10-7-,11-8+,17-14+,19-16-,22-20-,24-23-,28-25-,30-27-,38-35-. The van der Waals surface area contributed by atoms with Crippen LogP contribution in [0.3, 0.4) is 0 Å². The van der Waals surface area contributed by atoms with Gasteiger partial charge in [0, 0.05) is 12.8 Å². The first-order valence-corrected chi connectivity index (χ1v) is 22.2. The van der Waals surface area contributed by atoms with E-state index in [4.69, 9.17) is 4.74 Å². The van der Waals surface area contributed by atoms with Crippen LogP contribution < -0.4 is 5.32 Å². The molecule has 6 heteroatoms. The molecule has 3 unspecified atom stereocenters. The summed E-state index contributed by atoms with van der Waals surface area (Å²) in [6.07, 6.45) is 57.4. The van der Waals surface area contributed by atoms with Crippen molar-refractivity contribution in [1.29, 1.82) is 0 Å². The smallest absolute Gasteiger partial charge is 0.306 e. The van der Waals surface area contributed by atoms with Gasteiger partial charge >= 0.3 is 5.97 Å². The molecule has 0 saturated heterocycles. The second-order valence-corrected chi connectivity index (χ2v) is 14.4. The predicted octanol–water partition coefficient (Wildman–Crippen LogP) is 12.8. The maximum atomic E-state index is 13.1. The lowest BCUT2D eigenvalue weighted by molar-refractivity contribution is -0.150. The van der Waals surface area contributed by atoms with Crippen molar-refractivity contribution >= 4 is 11.9 Å². The molecule has 56 heavy (non-hydrogen) atoms. The molecule has 6 nitrogen and oxygen atoms in total. The molecule has 0 rings (SSSR count). The van der Waals surface area contributed by atoms with Crippen LogP contribution in [0.2, 0.25) is 0 Å². The highest BCUT2D eigenvalue weighted by molar-refractivity contribution is 5.77. The number of allylic oxidation sites excluding steroid dienone is 17. The fourth-order valence-corrected chi connectivity index (χ4v) is 5.87. The quantitative estimate of drug-likeness (QED) is 0.0253. The zero-order valence-corrected chi connectivity index (χ0v) is 35.7. The average Bonchev–Trinajstić information content (AvgIpc) is 3.19. The first-order valence-electron chi connectivity index (χ1n) is 22.2. The zero-order chi connectivity index (χ0) is 41.0. The normalized spacial score (nSPS) is 14.4. The van der Waals surface area contributed by atoms with Crippen LogP contribution in [0.5, 0.6) is 0 Å². The van der Waals surface area contributed by atoms with Crippen LogP contribution >= 0.6 is 0 Å². The zero-order valence-electron chi connectivity index (χ0n) is 35.7. The van der Waals surface area contributed by atoms with E-state index in [1.54, 1.807) is 0 Å². The molecule has 0 saturated carbocycles. The third-order valence-electron chi connectivity index (χ3n) is 9.19. The maximum absolute atomic E-state index is 13.1. The summed E-state index contributed by atoms with van der Waals surface area (Å²) in [5, 5.41) is 23.5. The highest BCUT2D eigenvalue weighted by Crippen LogP contribution is 2.14. The van der Waals surface area contributed by atoms with Gasteiger partial charge in [-0.15, -0.1) is 0 Å². The Hall–Kier alpha value is -3.48. The Morgan fingerprint density at radius 1 is 0.571 bits per heavy atom. The monoisotopic (exact) mass is 776 g/mol. The van der Waals surface area contributed by atoms with Crippen LogP contribution in [0.25, 0.3) is 0 Å². The summed E-state index contributed by atoms with van der Waals surface area (Å²) in [4.78, 5) is 25.9. The molecular weight excluding hydrogens is 695 g/mol. The van der Waals surface area contributed by atoms with E-state index in [2.05, 4.69) is 86.8 Å². The molecule has 0 heterocycles. The number of hydrogen-bond acceptors (Lipinski definition) is 5. The van der Waals surface area contributed by atoms with Gasteiger partial charge in [-0.1, -0.05) is 194 Å². The van der Waals surface area contributed by atoms with Crippen molar-refractivity contribution in [3.8, 4) is 0 Å². The van der Waals surface area contributed by atoms with Crippen molar-refractivity contribution in [1.82, 2.24) is 5.32 Å². The van der Waals surface area contributed by atoms with Crippen molar-refractivity contribution < 1.29 is 24.5 Å². The Morgan fingerprint density at radius 2 is 1.07 bits per heavy atom. The van der Waals surface area contributed by atoms with Crippen LogP contribution in [-0.2, 0) is 14.3 Å². The maximum Gasteiger partial charge on any atom is 0.306 e. The number of carbonyl (C=O) groups is 2. The lowest BCUT2D eigenvalue weighted by Crippen LogP contribution is -2.46. The summed E-state index contributed by atoms with van der Waals surface area (Å²) in [7, 11) is 0. The molecule has 0 aliphatic rings. The van der Waals surface area contributed by atoms with Gasteiger partial charge in [-0.05, 0) is 64.2 Å². The number of unbranched alkanes of at least 4 members (excludes halogenated alkanes) is 11. The minimum atomic E-state index is -0.823. The van der Waals surface area contributed by atoms with Gasteiger partial charge < -0.3 is 20.3 Å². The number of nitrogens with one attached hydrogen (secondary N) is 1. The molecule has 0 aromatic heterocycles. The highest BCUT2D eigenvalue weighted by Gasteiger charge is 2.23. The number of ether oxygens (including phenoxy) is 1. The van der Waals surface area contributed by atoms with Gasteiger partial charge in [0.25, 0.3) is 0 Å². The minimum absolute atomic E-state index is 0.0241. The van der Waals surface area contributed by atoms with E-state index in [0.717, 1.165) is 83.5 Å². The summed E-state index contributed by atoms with van der Waals surface area (Å²) in [6, 6.07) is -0.745. The number of aliphatic hydroxyl groups excluding tert-OH is 2. The summed E-state index contributed by atoms with van der Waals surface area (Å²) in [5.74, 6) is -0.643. The van der Waals surface area contributed by atoms with E-state index in [1.165, 1.54) is 38.5 Å². The van der Waals surface area contributed by atoms with Gasteiger partial charge in [-0.3, -0.25) is 9.59 Å². The fourth-order valence-electron chi connectivity index (χ4n) is 5.87. The van der Waals surface area contributed by atoms with E-state index >= 15 is 0 Å². The number of amides is 1. The Bertz CT molecular complexity index is 1190. The van der Waals surface area contributed by atoms with Gasteiger partial charge in [0.2, 0.25) is 5.91 Å². The van der Waals surface area contributed by atoms with Crippen LogP contribution in [0.1, 0.15) is 168 Å². The van der Waals surface area contributed by atoms with E-state index in [9.17, 15) is 19.8 Å². The number of carbonyl (C=O) groups excluding carboxylic acids is 2. The summed E-state index contributed by atoms with van der Waals surface area (Å²) >= 11 is 0. The fraction of sp³-hybridized carbons (Fsp3) is 0.600. The molecule has 0 fully saturated rings. The van der Waals surface area contributed by atoms with Crippen LogP contribution in [-0.4, -0.2) is 46.9 Å². The molecule has 0 aromatic carbocycles. The van der Waals surface area contributed by atoms with Crippen LogP contribution in [0.4, 0.5) is 0 Å². The highest BCUT2D eigenvalue weighted by atomic mass is 16.5.